The number of esters is 1. The Balaban J connectivity index is 2.59. The number of halogens is 1. The SMILES string of the molecule is CCOC(=O)CC(O)CC(O)/C=C/c1c(C(C)C)cc(OCCO)c(OCCO)c1-c1ccc(F)cc1. The van der Waals surface area contributed by atoms with E-state index in [0.29, 0.717) is 28.2 Å². The second-order valence-electron chi connectivity index (χ2n) is 8.71. The van der Waals surface area contributed by atoms with Crippen molar-refractivity contribution in [2.45, 2.75) is 51.7 Å². The maximum atomic E-state index is 13.8. The summed E-state index contributed by atoms with van der Waals surface area (Å²) in [5.74, 6) is -0.311. The lowest BCUT2D eigenvalue weighted by Crippen LogP contribution is -2.20. The Morgan fingerprint density at radius 2 is 1.70 bits per heavy atom. The van der Waals surface area contributed by atoms with Crippen molar-refractivity contribution in [3.8, 4) is 22.6 Å². The van der Waals surface area contributed by atoms with E-state index in [1.54, 1.807) is 31.2 Å². The van der Waals surface area contributed by atoms with E-state index < -0.39 is 24.0 Å². The van der Waals surface area contributed by atoms with Gasteiger partial charge in [-0.1, -0.05) is 38.1 Å². The Bertz CT molecular complexity index is 1020. The lowest BCUT2D eigenvalue weighted by Gasteiger charge is -2.23. The molecule has 2 aromatic rings. The minimum atomic E-state index is -1.09. The van der Waals surface area contributed by atoms with Crippen LogP contribution in [-0.2, 0) is 9.53 Å². The Hall–Kier alpha value is -2.98. The van der Waals surface area contributed by atoms with Crippen LogP contribution in [-0.4, -0.2) is 71.6 Å². The molecule has 0 fully saturated rings. The van der Waals surface area contributed by atoms with Crippen LogP contribution in [0.3, 0.4) is 0 Å². The molecule has 0 radical (unpaired) electrons. The third-order valence-electron chi connectivity index (χ3n) is 5.47. The summed E-state index contributed by atoms with van der Waals surface area (Å²) in [6, 6.07) is 7.59. The van der Waals surface area contributed by atoms with Crippen molar-refractivity contribution in [2.24, 2.45) is 0 Å². The van der Waals surface area contributed by atoms with Gasteiger partial charge in [0.25, 0.3) is 0 Å². The van der Waals surface area contributed by atoms with Crippen molar-refractivity contribution in [1.29, 1.82) is 0 Å². The summed E-state index contributed by atoms with van der Waals surface area (Å²) >= 11 is 0. The van der Waals surface area contributed by atoms with E-state index in [2.05, 4.69) is 0 Å². The summed E-state index contributed by atoms with van der Waals surface area (Å²) < 4.78 is 30.2. The standard InChI is InChI=1S/C28H37FO8/c1-4-35-26(34)16-22(33)15-21(32)9-10-23-24(18(2)3)17-25(36-13-11-30)28(37-14-12-31)27(23)19-5-7-20(29)8-6-19/h5-10,17-18,21-22,30-33H,4,11-16H2,1-3H3/b10-9+. The molecule has 2 rings (SSSR count). The molecule has 2 atom stereocenters. The van der Waals surface area contributed by atoms with Gasteiger partial charge in [-0.3, -0.25) is 4.79 Å². The van der Waals surface area contributed by atoms with Crippen LogP contribution < -0.4 is 9.47 Å². The predicted molar refractivity (Wildman–Crippen MR) is 138 cm³/mol. The fraction of sp³-hybridized carbons (Fsp3) is 0.464. The summed E-state index contributed by atoms with van der Waals surface area (Å²) in [4.78, 5) is 11.6. The van der Waals surface area contributed by atoms with Crippen LogP contribution in [0.5, 0.6) is 11.5 Å². The van der Waals surface area contributed by atoms with Crippen LogP contribution in [0, 0.1) is 5.82 Å². The van der Waals surface area contributed by atoms with Crippen LogP contribution in [0.25, 0.3) is 17.2 Å². The van der Waals surface area contributed by atoms with Crippen LogP contribution in [0.2, 0.25) is 0 Å². The third-order valence-corrected chi connectivity index (χ3v) is 5.47. The van der Waals surface area contributed by atoms with Crippen LogP contribution in [0.1, 0.15) is 50.7 Å². The van der Waals surface area contributed by atoms with E-state index in [0.717, 1.165) is 5.56 Å². The summed E-state index contributed by atoms with van der Waals surface area (Å²) in [5, 5.41) is 39.4. The van der Waals surface area contributed by atoms with Crippen molar-refractivity contribution < 1.29 is 43.8 Å². The lowest BCUT2D eigenvalue weighted by atomic mass is 9.88. The molecule has 37 heavy (non-hydrogen) atoms. The maximum Gasteiger partial charge on any atom is 0.308 e. The first-order valence-corrected chi connectivity index (χ1v) is 12.4. The van der Waals surface area contributed by atoms with E-state index in [9.17, 15) is 29.6 Å². The van der Waals surface area contributed by atoms with Gasteiger partial charge in [-0.05, 0) is 47.7 Å². The predicted octanol–water partition coefficient (Wildman–Crippen LogP) is 3.44. The zero-order valence-corrected chi connectivity index (χ0v) is 21.5. The normalized spacial score (nSPS) is 13.1. The summed E-state index contributed by atoms with van der Waals surface area (Å²) in [5.41, 5.74) is 2.68. The fourth-order valence-corrected chi connectivity index (χ4v) is 3.85. The molecule has 0 aliphatic carbocycles. The molecule has 0 amide bonds. The highest BCUT2D eigenvalue weighted by Crippen LogP contribution is 2.45. The van der Waals surface area contributed by atoms with Crippen molar-refractivity contribution in [3.05, 3.63) is 53.4 Å². The van der Waals surface area contributed by atoms with Gasteiger partial charge in [-0.25, -0.2) is 4.39 Å². The first-order chi connectivity index (χ1) is 17.7. The average molecular weight is 521 g/mol. The number of carbonyl (C=O) groups excluding carboxylic acids is 1. The summed E-state index contributed by atoms with van der Waals surface area (Å²) in [6.07, 6.45) is 0.732. The Morgan fingerprint density at radius 1 is 1.05 bits per heavy atom. The number of aliphatic hydroxyl groups is 4. The van der Waals surface area contributed by atoms with Gasteiger partial charge < -0.3 is 34.6 Å². The van der Waals surface area contributed by atoms with E-state index in [1.165, 1.54) is 18.2 Å². The van der Waals surface area contributed by atoms with Crippen molar-refractivity contribution >= 4 is 12.0 Å². The van der Waals surface area contributed by atoms with Gasteiger partial charge in [0.1, 0.15) is 19.0 Å². The molecule has 0 bridgehead atoms. The molecule has 204 valence electrons. The smallest absolute Gasteiger partial charge is 0.308 e. The number of rotatable bonds is 15. The monoisotopic (exact) mass is 520 g/mol. The fourth-order valence-electron chi connectivity index (χ4n) is 3.85. The molecule has 0 saturated heterocycles. The molecule has 0 heterocycles. The van der Waals surface area contributed by atoms with Crippen LogP contribution in [0.4, 0.5) is 4.39 Å². The molecule has 2 unspecified atom stereocenters. The quantitative estimate of drug-likeness (QED) is 0.263. The molecular formula is C28H37FO8. The second kappa shape index (κ2) is 15.3. The molecule has 2 aromatic carbocycles. The molecule has 0 aromatic heterocycles. The van der Waals surface area contributed by atoms with Crippen molar-refractivity contribution in [1.82, 2.24) is 0 Å². The van der Waals surface area contributed by atoms with Gasteiger partial charge >= 0.3 is 5.97 Å². The average Bonchev–Trinajstić information content (AvgIpc) is 2.85. The molecule has 0 spiro atoms. The first kappa shape index (κ1) is 30.2. The largest absolute Gasteiger partial charge is 0.487 e. The molecule has 9 heteroatoms. The van der Waals surface area contributed by atoms with Gasteiger partial charge in [-0.2, -0.15) is 0 Å². The molecule has 0 aliphatic heterocycles. The topological polar surface area (TPSA) is 126 Å². The van der Waals surface area contributed by atoms with E-state index in [1.807, 2.05) is 13.8 Å². The number of carbonyl (C=O) groups is 1. The number of hydrogen-bond donors (Lipinski definition) is 4. The highest BCUT2D eigenvalue weighted by molar-refractivity contribution is 5.85. The molecule has 0 aliphatic rings. The van der Waals surface area contributed by atoms with E-state index in [-0.39, 0.29) is 51.8 Å². The van der Waals surface area contributed by atoms with Crippen LogP contribution >= 0.6 is 0 Å². The van der Waals surface area contributed by atoms with Gasteiger partial charge in [-0.15, -0.1) is 0 Å². The number of ether oxygens (including phenoxy) is 3. The summed E-state index contributed by atoms with van der Waals surface area (Å²) in [7, 11) is 0. The zero-order chi connectivity index (χ0) is 27.4. The highest BCUT2D eigenvalue weighted by atomic mass is 19.1. The van der Waals surface area contributed by atoms with Gasteiger partial charge in [0, 0.05) is 12.0 Å². The van der Waals surface area contributed by atoms with Crippen molar-refractivity contribution in [2.75, 3.05) is 33.0 Å². The first-order valence-electron chi connectivity index (χ1n) is 12.4. The van der Waals surface area contributed by atoms with E-state index in [4.69, 9.17) is 14.2 Å². The van der Waals surface area contributed by atoms with Gasteiger partial charge in [0.2, 0.25) is 0 Å². The van der Waals surface area contributed by atoms with Gasteiger partial charge in [0.05, 0.1) is 38.4 Å². The Kier molecular flexibility index (Phi) is 12.5. The minimum absolute atomic E-state index is 0.00577. The number of aliphatic hydroxyl groups excluding tert-OH is 4. The number of benzene rings is 2. The molecule has 4 N–H and O–H groups in total. The molecular weight excluding hydrogens is 483 g/mol. The Morgan fingerprint density at radius 3 is 2.30 bits per heavy atom. The highest BCUT2D eigenvalue weighted by Gasteiger charge is 2.23. The zero-order valence-electron chi connectivity index (χ0n) is 21.5. The number of hydrogen-bond acceptors (Lipinski definition) is 8. The summed E-state index contributed by atoms with van der Waals surface area (Å²) in [6.45, 7) is 5.34. The van der Waals surface area contributed by atoms with Crippen molar-refractivity contribution in [3.63, 3.8) is 0 Å². The Labute approximate surface area is 216 Å². The molecule has 0 saturated carbocycles. The van der Waals surface area contributed by atoms with Gasteiger partial charge in [0.15, 0.2) is 11.5 Å². The lowest BCUT2D eigenvalue weighted by molar-refractivity contribution is -0.145. The molecule has 8 nitrogen and oxygen atoms in total. The van der Waals surface area contributed by atoms with E-state index >= 15 is 0 Å². The third kappa shape index (κ3) is 9.12. The second-order valence-corrected chi connectivity index (χ2v) is 8.71. The minimum Gasteiger partial charge on any atom is -0.487 e. The maximum absolute atomic E-state index is 13.8. The van der Waals surface area contributed by atoms with Crippen LogP contribution in [0.15, 0.2) is 36.4 Å².